The summed E-state index contributed by atoms with van der Waals surface area (Å²) in [5.41, 5.74) is 3.75. The van der Waals surface area contributed by atoms with E-state index in [9.17, 15) is 0 Å². The molecule has 2 nitrogen and oxygen atoms in total. The van der Waals surface area contributed by atoms with E-state index in [4.69, 9.17) is 16.3 Å². The maximum Gasteiger partial charge on any atom is 0.119 e. The summed E-state index contributed by atoms with van der Waals surface area (Å²) in [5, 5.41) is 4.35. The van der Waals surface area contributed by atoms with E-state index in [1.807, 2.05) is 24.3 Å². The molecule has 3 rings (SSSR count). The molecule has 1 aliphatic heterocycles. The van der Waals surface area contributed by atoms with Gasteiger partial charge in [0, 0.05) is 11.6 Å². The van der Waals surface area contributed by atoms with Gasteiger partial charge in [0.05, 0.1) is 13.2 Å². The van der Waals surface area contributed by atoms with Crippen LogP contribution in [0.1, 0.15) is 22.7 Å². The van der Waals surface area contributed by atoms with Crippen molar-refractivity contribution in [2.24, 2.45) is 0 Å². The third kappa shape index (κ3) is 2.34. The van der Waals surface area contributed by atoms with E-state index in [0.717, 1.165) is 29.3 Å². The first-order valence-corrected chi connectivity index (χ1v) is 6.82. The Labute approximate surface area is 118 Å². The zero-order chi connectivity index (χ0) is 13.2. The number of fused-ring (bicyclic) bond motifs is 1. The van der Waals surface area contributed by atoms with Crippen molar-refractivity contribution in [3.63, 3.8) is 0 Å². The van der Waals surface area contributed by atoms with Crippen molar-refractivity contribution < 1.29 is 4.74 Å². The minimum absolute atomic E-state index is 0.146. The molecule has 0 aliphatic carbocycles. The Bertz CT molecular complexity index is 597. The topological polar surface area (TPSA) is 21.3 Å². The Hall–Kier alpha value is -1.51. The van der Waals surface area contributed by atoms with Gasteiger partial charge >= 0.3 is 0 Å². The predicted octanol–water partition coefficient (Wildman–Crippen LogP) is 3.58. The van der Waals surface area contributed by atoms with Gasteiger partial charge < -0.3 is 10.1 Å². The van der Waals surface area contributed by atoms with Gasteiger partial charge in [0.15, 0.2) is 0 Å². The van der Waals surface area contributed by atoms with Crippen LogP contribution in [0.2, 0.25) is 5.02 Å². The SMILES string of the molecule is COc1ccc2c(c1)C(c1ccccc1Cl)NCC2. The lowest BCUT2D eigenvalue weighted by Gasteiger charge is -2.28. The number of nitrogens with one attached hydrogen (secondary N) is 1. The van der Waals surface area contributed by atoms with Crippen molar-refractivity contribution in [3.05, 3.63) is 64.2 Å². The molecule has 0 saturated heterocycles. The maximum absolute atomic E-state index is 6.33. The summed E-state index contributed by atoms with van der Waals surface area (Å²) < 4.78 is 5.33. The van der Waals surface area contributed by atoms with Crippen LogP contribution in [0, 0.1) is 0 Å². The summed E-state index contributed by atoms with van der Waals surface area (Å²) >= 11 is 6.33. The summed E-state index contributed by atoms with van der Waals surface area (Å²) in [6.07, 6.45) is 1.04. The van der Waals surface area contributed by atoms with Crippen LogP contribution in [-0.4, -0.2) is 13.7 Å². The molecule has 0 aromatic heterocycles. The van der Waals surface area contributed by atoms with Crippen LogP contribution in [-0.2, 0) is 6.42 Å². The number of rotatable bonds is 2. The third-order valence-electron chi connectivity index (χ3n) is 3.62. The molecule has 1 N–H and O–H groups in total. The van der Waals surface area contributed by atoms with E-state index in [1.165, 1.54) is 11.1 Å². The highest BCUT2D eigenvalue weighted by Gasteiger charge is 2.23. The van der Waals surface area contributed by atoms with E-state index in [-0.39, 0.29) is 6.04 Å². The fourth-order valence-electron chi connectivity index (χ4n) is 2.64. The summed E-state index contributed by atoms with van der Waals surface area (Å²) in [6, 6.07) is 14.4. The predicted molar refractivity (Wildman–Crippen MR) is 78.0 cm³/mol. The number of halogens is 1. The molecule has 98 valence electrons. The number of benzene rings is 2. The number of hydrogen-bond donors (Lipinski definition) is 1. The van der Waals surface area contributed by atoms with E-state index < -0.39 is 0 Å². The Balaban J connectivity index is 2.09. The van der Waals surface area contributed by atoms with Gasteiger partial charge in [-0.25, -0.2) is 0 Å². The fourth-order valence-corrected chi connectivity index (χ4v) is 2.89. The van der Waals surface area contributed by atoms with E-state index in [2.05, 4.69) is 23.5 Å². The minimum Gasteiger partial charge on any atom is -0.497 e. The Kier molecular flexibility index (Phi) is 3.45. The lowest BCUT2D eigenvalue weighted by Crippen LogP contribution is -2.30. The fraction of sp³-hybridized carbons (Fsp3) is 0.250. The zero-order valence-electron chi connectivity index (χ0n) is 10.8. The van der Waals surface area contributed by atoms with Gasteiger partial charge in [-0.2, -0.15) is 0 Å². The lowest BCUT2D eigenvalue weighted by atomic mass is 9.89. The lowest BCUT2D eigenvalue weighted by molar-refractivity contribution is 0.412. The largest absolute Gasteiger partial charge is 0.497 e. The molecule has 0 radical (unpaired) electrons. The van der Waals surface area contributed by atoms with Crippen LogP contribution in [0.4, 0.5) is 0 Å². The van der Waals surface area contributed by atoms with Crippen molar-refractivity contribution >= 4 is 11.6 Å². The van der Waals surface area contributed by atoms with Gasteiger partial charge in [-0.05, 0) is 41.3 Å². The Morgan fingerprint density at radius 2 is 2.00 bits per heavy atom. The summed E-state index contributed by atoms with van der Waals surface area (Å²) in [5.74, 6) is 0.888. The molecule has 1 unspecified atom stereocenters. The number of methoxy groups -OCH3 is 1. The molecule has 3 heteroatoms. The highest BCUT2D eigenvalue weighted by molar-refractivity contribution is 6.31. The van der Waals surface area contributed by atoms with Gasteiger partial charge in [0.25, 0.3) is 0 Å². The van der Waals surface area contributed by atoms with Gasteiger partial charge in [0.1, 0.15) is 5.75 Å². The smallest absolute Gasteiger partial charge is 0.119 e. The van der Waals surface area contributed by atoms with E-state index >= 15 is 0 Å². The second-order valence-electron chi connectivity index (χ2n) is 4.72. The van der Waals surface area contributed by atoms with Crippen LogP contribution < -0.4 is 10.1 Å². The van der Waals surface area contributed by atoms with Crippen molar-refractivity contribution in [1.29, 1.82) is 0 Å². The first-order valence-electron chi connectivity index (χ1n) is 6.44. The molecule has 0 bridgehead atoms. The molecule has 0 saturated carbocycles. The first-order chi connectivity index (χ1) is 9.29. The van der Waals surface area contributed by atoms with Gasteiger partial charge in [-0.1, -0.05) is 35.9 Å². The van der Waals surface area contributed by atoms with Crippen LogP contribution in [0.5, 0.6) is 5.75 Å². The van der Waals surface area contributed by atoms with Gasteiger partial charge in [-0.3, -0.25) is 0 Å². The molecule has 19 heavy (non-hydrogen) atoms. The number of hydrogen-bond acceptors (Lipinski definition) is 2. The minimum atomic E-state index is 0.146. The van der Waals surface area contributed by atoms with Gasteiger partial charge in [-0.15, -0.1) is 0 Å². The van der Waals surface area contributed by atoms with Crippen molar-refractivity contribution in [3.8, 4) is 5.75 Å². The van der Waals surface area contributed by atoms with E-state index in [1.54, 1.807) is 7.11 Å². The quantitative estimate of drug-likeness (QED) is 0.903. The Morgan fingerprint density at radius 1 is 1.16 bits per heavy atom. The molecule has 0 fully saturated rings. The molecule has 2 aromatic rings. The summed E-state index contributed by atoms with van der Waals surface area (Å²) in [4.78, 5) is 0. The summed E-state index contributed by atoms with van der Waals surface area (Å²) in [7, 11) is 1.70. The van der Waals surface area contributed by atoms with Crippen LogP contribution in [0.15, 0.2) is 42.5 Å². The average Bonchev–Trinajstić information content (AvgIpc) is 2.47. The van der Waals surface area contributed by atoms with Crippen molar-refractivity contribution in [1.82, 2.24) is 5.32 Å². The van der Waals surface area contributed by atoms with Gasteiger partial charge in [0.2, 0.25) is 0 Å². The standard InChI is InChI=1S/C16H16ClNO/c1-19-12-7-6-11-8-9-18-16(14(11)10-12)13-4-2-3-5-15(13)17/h2-7,10,16,18H,8-9H2,1H3. The molecule has 1 heterocycles. The molecular weight excluding hydrogens is 258 g/mol. The van der Waals surface area contributed by atoms with Crippen LogP contribution >= 0.6 is 11.6 Å². The molecule has 0 spiro atoms. The molecular formula is C16H16ClNO. The molecule has 1 aliphatic rings. The van der Waals surface area contributed by atoms with Crippen LogP contribution in [0.25, 0.3) is 0 Å². The van der Waals surface area contributed by atoms with E-state index in [0.29, 0.717) is 0 Å². The normalized spacial score (nSPS) is 17.9. The Morgan fingerprint density at radius 3 is 2.79 bits per heavy atom. The van der Waals surface area contributed by atoms with Crippen molar-refractivity contribution in [2.75, 3.05) is 13.7 Å². The maximum atomic E-state index is 6.33. The van der Waals surface area contributed by atoms with Crippen molar-refractivity contribution in [2.45, 2.75) is 12.5 Å². The average molecular weight is 274 g/mol. The second kappa shape index (κ2) is 5.24. The molecule has 0 amide bonds. The molecule has 1 atom stereocenters. The second-order valence-corrected chi connectivity index (χ2v) is 5.13. The summed E-state index contributed by atoms with van der Waals surface area (Å²) in [6.45, 7) is 0.967. The molecule has 2 aromatic carbocycles. The third-order valence-corrected chi connectivity index (χ3v) is 3.97. The highest BCUT2D eigenvalue weighted by atomic mass is 35.5. The number of ether oxygens (including phenoxy) is 1. The monoisotopic (exact) mass is 273 g/mol. The zero-order valence-corrected chi connectivity index (χ0v) is 11.6. The van der Waals surface area contributed by atoms with Crippen LogP contribution in [0.3, 0.4) is 0 Å². The highest BCUT2D eigenvalue weighted by Crippen LogP contribution is 2.34. The first kappa shape index (κ1) is 12.5.